The van der Waals surface area contributed by atoms with Crippen LogP contribution in [0.5, 0.6) is 28.7 Å². The van der Waals surface area contributed by atoms with E-state index in [9.17, 15) is 40.9 Å². The Morgan fingerprint density at radius 3 is 2.31 bits per heavy atom. The van der Waals surface area contributed by atoms with E-state index >= 15 is 0 Å². The Morgan fingerprint density at radius 2 is 1.62 bits per heavy atom. The molecule has 174 valence electrons. The Bertz CT molecular complexity index is 978. The van der Waals surface area contributed by atoms with E-state index in [0.717, 1.165) is 6.07 Å². The molecule has 1 fully saturated rings. The molecule has 0 radical (unpaired) electrons. The van der Waals surface area contributed by atoms with Gasteiger partial charge in [0.05, 0.1) is 6.61 Å². The zero-order valence-corrected chi connectivity index (χ0v) is 16.6. The number of rotatable bonds is 4. The zero-order chi connectivity index (χ0) is 23.2. The minimum Gasteiger partial charge on any atom is -0.508 e. The minimum absolute atomic E-state index is 0.0166. The molecule has 2 aromatic carbocycles. The van der Waals surface area contributed by atoms with Gasteiger partial charge in [0.2, 0.25) is 0 Å². The predicted octanol–water partition coefficient (Wildman–Crippen LogP) is -0.630. The fourth-order valence-corrected chi connectivity index (χ4v) is 3.92. The summed E-state index contributed by atoms with van der Waals surface area (Å²) in [6.45, 7) is -0.635. The molecule has 0 aliphatic carbocycles. The number of aliphatic hydroxyl groups excluding tert-OH is 4. The summed E-state index contributed by atoms with van der Waals surface area (Å²) in [6.07, 6.45) is -9.41. The van der Waals surface area contributed by atoms with E-state index in [-0.39, 0.29) is 29.4 Å². The van der Waals surface area contributed by atoms with Gasteiger partial charge in [0.15, 0.2) is 23.9 Å². The molecule has 2 heterocycles. The van der Waals surface area contributed by atoms with Crippen LogP contribution in [0.3, 0.4) is 0 Å². The average Bonchev–Trinajstić information content (AvgIpc) is 2.76. The van der Waals surface area contributed by atoms with Crippen molar-refractivity contribution >= 4 is 0 Å². The lowest BCUT2D eigenvalue weighted by atomic mass is 9.93. The SMILES string of the molecule is OC[C@H]1O[C@H](O[C@H]2Cc3c(O)cc(O)cc3O[C@@H]2c2ccc(O)c(O)c2)[C@@H](O)[C@@H](O)[C@@H]1O. The maximum absolute atomic E-state index is 10.3. The molecule has 4 rings (SSSR count). The molecule has 8 N–H and O–H groups in total. The van der Waals surface area contributed by atoms with Crippen LogP contribution in [0.15, 0.2) is 30.3 Å². The number of benzene rings is 2. The number of phenolic OH excluding ortho intramolecular Hbond substituents is 4. The van der Waals surface area contributed by atoms with Crippen molar-refractivity contribution in [2.24, 2.45) is 0 Å². The van der Waals surface area contributed by atoms with Crippen molar-refractivity contribution in [3.63, 3.8) is 0 Å². The van der Waals surface area contributed by atoms with Crippen molar-refractivity contribution in [2.75, 3.05) is 6.61 Å². The molecule has 32 heavy (non-hydrogen) atoms. The van der Waals surface area contributed by atoms with Gasteiger partial charge in [-0.3, -0.25) is 0 Å². The highest BCUT2D eigenvalue weighted by Gasteiger charge is 2.46. The molecule has 0 saturated carbocycles. The maximum atomic E-state index is 10.3. The first-order valence-corrected chi connectivity index (χ1v) is 9.89. The first-order valence-electron chi connectivity index (χ1n) is 9.89. The number of ether oxygens (including phenoxy) is 3. The van der Waals surface area contributed by atoms with Gasteiger partial charge in [0.25, 0.3) is 0 Å². The normalized spacial score (nSPS) is 32.2. The highest BCUT2D eigenvalue weighted by atomic mass is 16.7. The second-order valence-corrected chi connectivity index (χ2v) is 7.80. The third-order valence-electron chi connectivity index (χ3n) is 5.65. The zero-order valence-electron chi connectivity index (χ0n) is 16.6. The van der Waals surface area contributed by atoms with Gasteiger partial charge in [0, 0.05) is 24.1 Å². The van der Waals surface area contributed by atoms with Crippen LogP contribution in [-0.2, 0) is 15.9 Å². The van der Waals surface area contributed by atoms with Crippen LogP contribution in [0, 0.1) is 0 Å². The third kappa shape index (κ3) is 4.01. The van der Waals surface area contributed by atoms with Gasteiger partial charge in [-0.1, -0.05) is 6.07 Å². The van der Waals surface area contributed by atoms with E-state index in [1.807, 2.05) is 0 Å². The van der Waals surface area contributed by atoms with E-state index in [0.29, 0.717) is 11.1 Å². The number of hydrogen-bond donors (Lipinski definition) is 8. The number of aromatic hydroxyl groups is 4. The predicted molar refractivity (Wildman–Crippen MR) is 105 cm³/mol. The van der Waals surface area contributed by atoms with Crippen LogP contribution in [0.1, 0.15) is 17.2 Å². The number of fused-ring (bicyclic) bond motifs is 1. The van der Waals surface area contributed by atoms with E-state index in [1.54, 1.807) is 0 Å². The molecule has 2 aliphatic rings. The molecule has 1 saturated heterocycles. The second-order valence-electron chi connectivity index (χ2n) is 7.80. The molecule has 11 nitrogen and oxygen atoms in total. The van der Waals surface area contributed by atoms with Crippen LogP contribution < -0.4 is 4.74 Å². The van der Waals surface area contributed by atoms with Crippen molar-refractivity contribution in [3.8, 4) is 28.7 Å². The molecule has 0 bridgehead atoms. The third-order valence-corrected chi connectivity index (χ3v) is 5.65. The van der Waals surface area contributed by atoms with Crippen LogP contribution in [0.2, 0.25) is 0 Å². The molecule has 7 atom stereocenters. The summed E-state index contributed by atoms with van der Waals surface area (Å²) in [5.41, 5.74) is 0.667. The smallest absolute Gasteiger partial charge is 0.187 e. The van der Waals surface area contributed by atoms with Crippen molar-refractivity contribution < 1.29 is 55.1 Å². The largest absolute Gasteiger partial charge is 0.508 e. The molecular formula is C21H24O11. The van der Waals surface area contributed by atoms with Crippen molar-refractivity contribution in [2.45, 2.75) is 49.3 Å². The highest BCUT2D eigenvalue weighted by Crippen LogP contribution is 2.44. The standard InChI is InChI=1S/C21H24O11/c22-7-16-17(27)18(28)19(29)21(32-16)31-15-6-10-12(25)4-9(23)5-14(10)30-20(15)8-1-2-11(24)13(26)3-8/h1-5,15-29H,6-7H2/t15-,16+,17+,18-,19-,20+,21-/m0/s1. The van der Waals surface area contributed by atoms with Crippen molar-refractivity contribution in [1.29, 1.82) is 0 Å². The van der Waals surface area contributed by atoms with Gasteiger partial charge in [-0.25, -0.2) is 0 Å². The molecule has 11 heteroatoms. The van der Waals surface area contributed by atoms with E-state index in [4.69, 9.17) is 14.2 Å². The molecule has 2 aromatic rings. The molecule has 2 aliphatic heterocycles. The van der Waals surface area contributed by atoms with Crippen LogP contribution >= 0.6 is 0 Å². The molecule has 0 unspecified atom stereocenters. The van der Waals surface area contributed by atoms with Crippen LogP contribution in [0.4, 0.5) is 0 Å². The summed E-state index contributed by atoms with van der Waals surface area (Å²) in [7, 11) is 0. The van der Waals surface area contributed by atoms with Crippen molar-refractivity contribution in [3.05, 3.63) is 41.5 Å². The first kappa shape index (κ1) is 22.4. The summed E-state index contributed by atoms with van der Waals surface area (Å²) in [5.74, 6) is -1.10. The minimum atomic E-state index is -1.66. The van der Waals surface area contributed by atoms with Gasteiger partial charge in [-0.05, 0) is 17.7 Å². The molecule has 0 aromatic heterocycles. The summed E-state index contributed by atoms with van der Waals surface area (Å²) in [6, 6.07) is 6.38. The van der Waals surface area contributed by atoms with Crippen LogP contribution in [0.25, 0.3) is 0 Å². The van der Waals surface area contributed by atoms with Gasteiger partial charge in [-0.2, -0.15) is 0 Å². The number of aliphatic hydroxyl groups is 4. The number of hydrogen-bond acceptors (Lipinski definition) is 11. The molecule has 0 spiro atoms. The Labute approximate surface area is 181 Å². The van der Waals surface area contributed by atoms with E-state index in [1.165, 1.54) is 24.3 Å². The van der Waals surface area contributed by atoms with Gasteiger partial charge < -0.3 is 55.1 Å². The van der Waals surface area contributed by atoms with E-state index in [2.05, 4.69) is 0 Å². The average molecular weight is 452 g/mol. The monoisotopic (exact) mass is 452 g/mol. The van der Waals surface area contributed by atoms with Gasteiger partial charge in [0.1, 0.15) is 47.8 Å². The quantitative estimate of drug-likeness (QED) is 0.276. The van der Waals surface area contributed by atoms with Gasteiger partial charge >= 0.3 is 0 Å². The summed E-state index contributed by atoms with van der Waals surface area (Å²) >= 11 is 0. The molecular weight excluding hydrogens is 428 g/mol. The Kier molecular flexibility index (Phi) is 6.03. The first-order chi connectivity index (χ1) is 15.2. The maximum Gasteiger partial charge on any atom is 0.187 e. The summed E-state index contributed by atoms with van der Waals surface area (Å²) in [4.78, 5) is 0. The highest BCUT2D eigenvalue weighted by molar-refractivity contribution is 5.52. The lowest BCUT2D eigenvalue weighted by Crippen LogP contribution is -2.60. The Balaban J connectivity index is 1.68. The fourth-order valence-electron chi connectivity index (χ4n) is 3.92. The molecule has 0 amide bonds. The van der Waals surface area contributed by atoms with Gasteiger partial charge in [-0.15, -0.1) is 0 Å². The summed E-state index contributed by atoms with van der Waals surface area (Å²) in [5, 5.41) is 79.4. The number of phenols is 4. The Hall–Kier alpha value is -2.80. The lowest BCUT2D eigenvalue weighted by Gasteiger charge is -2.43. The Morgan fingerprint density at radius 1 is 0.875 bits per heavy atom. The lowest BCUT2D eigenvalue weighted by molar-refractivity contribution is -0.317. The summed E-state index contributed by atoms with van der Waals surface area (Å²) < 4.78 is 17.2. The van der Waals surface area contributed by atoms with Crippen molar-refractivity contribution in [1.82, 2.24) is 0 Å². The topological polar surface area (TPSA) is 190 Å². The van der Waals surface area contributed by atoms with E-state index < -0.39 is 55.3 Å². The van der Waals surface area contributed by atoms with Crippen LogP contribution in [-0.4, -0.2) is 84.3 Å². The fraction of sp³-hybridized carbons (Fsp3) is 0.429. The second kappa shape index (κ2) is 8.62.